The molecular weight excluding hydrogens is 300 g/mol. The topological polar surface area (TPSA) is 70.6 Å². The lowest BCUT2D eigenvalue weighted by atomic mass is 10.1. The summed E-state index contributed by atoms with van der Waals surface area (Å²) in [4.78, 5) is 0. The van der Waals surface area contributed by atoms with Gasteiger partial charge in [0.05, 0.1) is 16.3 Å². The molecule has 2 rings (SSSR count). The minimum absolute atomic E-state index is 0.000957. The largest absolute Gasteiger partial charge is 0.409 e. The van der Waals surface area contributed by atoms with Crippen LogP contribution in [-0.2, 0) is 6.54 Å². The zero-order valence-corrected chi connectivity index (χ0v) is 11.5. The lowest BCUT2D eigenvalue weighted by Gasteiger charge is -2.11. The van der Waals surface area contributed by atoms with Gasteiger partial charge in [0.25, 0.3) is 0 Å². The highest BCUT2D eigenvalue weighted by Crippen LogP contribution is 2.25. The number of nitrogens with one attached hydrogen (secondary N) is 1. The zero-order chi connectivity index (χ0) is 15.4. The van der Waals surface area contributed by atoms with Gasteiger partial charge in [-0.25, -0.2) is 8.78 Å². The predicted molar refractivity (Wildman–Crippen MR) is 77.6 cm³/mol. The van der Waals surface area contributed by atoms with E-state index in [0.717, 1.165) is 0 Å². The third-order valence-electron chi connectivity index (χ3n) is 2.88. The Kier molecular flexibility index (Phi) is 4.59. The number of nitrogens with zero attached hydrogens (tertiary/aromatic N) is 1. The summed E-state index contributed by atoms with van der Waals surface area (Å²) in [5.41, 5.74) is 5.67. The van der Waals surface area contributed by atoms with Gasteiger partial charge in [-0.3, -0.25) is 0 Å². The van der Waals surface area contributed by atoms with E-state index in [-0.39, 0.29) is 34.2 Å². The van der Waals surface area contributed by atoms with E-state index in [9.17, 15) is 8.78 Å². The molecule has 0 unspecified atom stereocenters. The van der Waals surface area contributed by atoms with Crippen molar-refractivity contribution in [1.82, 2.24) is 0 Å². The molecule has 4 nitrogen and oxygen atoms in total. The van der Waals surface area contributed by atoms with Crippen molar-refractivity contribution < 1.29 is 14.0 Å². The number of rotatable bonds is 4. The molecule has 0 fully saturated rings. The molecule has 4 N–H and O–H groups in total. The van der Waals surface area contributed by atoms with Crippen LogP contribution in [0.25, 0.3) is 0 Å². The minimum atomic E-state index is -0.646. The van der Waals surface area contributed by atoms with Crippen LogP contribution >= 0.6 is 11.6 Å². The molecule has 0 heterocycles. The van der Waals surface area contributed by atoms with Gasteiger partial charge in [0.1, 0.15) is 11.6 Å². The lowest BCUT2D eigenvalue weighted by molar-refractivity contribution is 0.318. The van der Waals surface area contributed by atoms with Gasteiger partial charge in [0.2, 0.25) is 0 Å². The second kappa shape index (κ2) is 6.41. The third-order valence-corrected chi connectivity index (χ3v) is 3.20. The normalized spacial score (nSPS) is 11.5. The molecule has 0 saturated heterocycles. The summed E-state index contributed by atoms with van der Waals surface area (Å²) in [6.45, 7) is -0.000957. The monoisotopic (exact) mass is 311 g/mol. The van der Waals surface area contributed by atoms with Gasteiger partial charge < -0.3 is 16.3 Å². The highest BCUT2D eigenvalue weighted by Gasteiger charge is 2.12. The molecule has 0 aliphatic rings. The smallest absolute Gasteiger partial charge is 0.173 e. The number of benzene rings is 2. The van der Waals surface area contributed by atoms with Gasteiger partial charge in [-0.2, -0.15) is 0 Å². The lowest BCUT2D eigenvalue weighted by Crippen LogP contribution is -2.16. The second-order valence-electron chi connectivity index (χ2n) is 4.21. The van der Waals surface area contributed by atoms with Gasteiger partial charge in [-0.05, 0) is 18.2 Å². The fraction of sp³-hybridized carbons (Fsp3) is 0.0714. The molecule has 0 amide bonds. The first-order chi connectivity index (χ1) is 10.0. The van der Waals surface area contributed by atoms with Gasteiger partial charge in [-0.1, -0.05) is 35.0 Å². The Morgan fingerprint density at radius 3 is 2.62 bits per heavy atom. The quantitative estimate of drug-likeness (QED) is 0.351. The summed E-state index contributed by atoms with van der Waals surface area (Å²) in [5.74, 6) is -1.51. The average Bonchev–Trinajstić information content (AvgIpc) is 2.47. The van der Waals surface area contributed by atoms with Crippen molar-refractivity contribution in [2.75, 3.05) is 5.32 Å². The number of hydrogen-bond acceptors (Lipinski definition) is 3. The van der Waals surface area contributed by atoms with Crippen LogP contribution in [0, 0.1) is 11.6 Å². The van der Waals surface area contributed by atoms with Crippen molar-refractivity contribution in [1.29, 1.82) is 0 Å². The maximum absolute atomic E-state index is 14.2. The molecule has 21 heavy (non-hydrogen) atoms. The van der Waals surface area contributed by atoms with Crippen LogP contribution in [0.2, 0.25) is 5.02 Å². The first-order valence-electron chi connectivity index (χ1n) is 5.97. The molecule has 0 bridgehead atoms. The van der Waals surface area contributed by atoms with Crippen LogP contribution in [0.4, 0.5) is 14.5 Å². The summed E-state index contributed by atoms with van der Waals surface area (Å²) in [6, 6.07) is 8.68. The van der Waals surface area contributed by atoms with Crippen molar-refractivity contribution in [3.8, 4) is 0 Å². The third kappa shape index (κ3) is 3.22. The second-order valence-corrected chi connectivity index (χ2v) is 4.62. The summed E-state index contributed by atoms with van der Waals surface area (Å²) < 4.78 is 27.8. The Morgan fingerprint density at radius 2 is 1.95 bits per heavy atom. The number of oxime groups is 1. The Labute approximate surface area is 124 Å². The molecule has 0 aromatic heterocycles. The Hall–Kier alpha value is -2.34. The van der Waals surface area contributed by atoms with Crippen molar-refractivity contribution >= 4 is 23.1 Å². The first-order valence-corrected chi connectivity index (χ1v) is 6.35. The van der Waals surface area contributed by atoms with Crippen molar-refractivity contribution in [2.24, 2.45) is 10.9 Å². The number of nitrogens with two attached hydrogens (primary N) is 1. The summed E-state index contributed by atoms with van der Waals surface area (Å²) in [7, 11) is 0. The van der Waals surface area contributed by atoms with Crippen LogP contribution in [0.1, 0.15) is 11.1 Å². The van der Waals surface area contributed by atoms with Gasteiger partial charge in [-0.15, -0.1) is 0 Å². The molecular formula is C14H12ClF2N3O. The fourth-order valence-electron chi connectivity index (χ4n) is 1.82. The van der Waals surface area contributed by atoms with E-state index in [2.05, 4.69) is 10.5 Å². The molecule has 0 atom stereocenters. The van der Waals surface area contributed by atoms with Crippen LogP contribution < -0.4 is 11.1 Å². The van der Waals surface area contributed by atoms with E-state index < -0.39 is 11.6 Å². The van der Waals surface area contributed by atoms with Crippen molar-refractivity contribution in [3.63, 3.8) is 0 Å². The SMILES string of the molecule is N/C(=N/O)c1cccc(CNc2c(F)cccc2Cl)c1F. The van der Waals surface area contributed by atoms with Gasteiger partial charge in [0, 0.05) is 12.1 Å². The Balaban J connectivity index is 2.25. The number of anilines is 1. The standard InChI is InChI=1S/C14H12ClF2N3O/c15-10-5-2-6-11(16)13(10)19-7-8-3-1-4-9(12(8)17)14(18)20-21/h1-6,19,21H,7H2,(H2,18,20). The summed E-state index contributed by atoms with van der Waals surface area (Å²) in [5, 5.41) is 14.3. The fourth-order valence-corrected chi connectivity index (χ4v) is 2.05. The maximum Gasteiger partial charge on any atom is 0.173 e. The highest BCUT2D eigenvalue weighted by atomic mass is 35.5. The number of para-hydroxylation sites is 1. The van der Waals surface area contributed by atoms with E-state index >= 15 is 0 Å². The highest BCUT2D eigenvalue weighted by molar-refractivity contribution is 6.33. The van der Waals surface area contributed by atoms with Crippen LogP contribution in [0.5, 0.6) is 0 Å². The first kappa shape index (κ1) is 15.1. The van der Waals surface area contributed by atoms with Gasteiger partial charge >= 0.3 is 0 Å². The van der Waals surface area contributed by atoms with Crippen molar-refractivity contribution in [2.45, 2.75) is 6.54 Å². The molecule has 0 saturated carbocycles. The minimum Gasteiger partial charge on any atom is -0.409 e. The molecule has 0 radical (unpaired) electrons. The van der Waals surface area contributed by atoms with Crippen molar-refractivity contribution in [3.05, 3.63) is 64.2 Å². The van der Waals surface area contributed by atoms with Crippen LogP contribution in [0.15, 0.2) is 41.6 Å². The molecule has 0 aliphatic carbocycles. The molecule has 0 spiro atoms. The van der Waals surface area contributed by atoms with E-state index in [1.54, 1.807) is 6.07 Å². The van der Waals surface area contributed by atoms with E-state index in [1.807, 2.05) is 0 Å². The summed E-state index contributed by atoms with van der Waals surface area (Å²) in [6.07, 6.45) is 0. The molecule has 2 aromatic rings. The Morgan fingerprint density at radius 1 is 1.24 bits per heavy atom. The molecule has 0 aliphatic heterocycles. The molecule has 7 heteroatoms. The zero-order valence-electron chi connectivity index (χ0n) is 10.8. The van der Waals surface area contributed by atoms with E-state index in [4.69, 9.17) is 22.5 Å². The van der Waals surface area contributed by atoms with Crippen LogP contribution in [-0.4, -0.2) is 11.0 Å². The Bertz CT molecular complexity index is 672. The molecule has 110 valence electrons. The maximum atomic E-state index is 14.2. The summed E-state index contributed by atoms with van der Waals surface area (Å²) >= 11 is 5.87. The number of hydrogen-bond donors (Lipinski definition) is 3. The van der Waals surface area contributed by atoms with Gasteiger partial charge in [0.15, 0.2) is 5.84 Å². The molecule has 2 aromatic carbocycles. The predicted octanol–water partition coefficient (Wildman–Crippen LogP) is 3.32. The average molecular weight is 312 g/mol. The van der Waals surface area contributed by atoms with Crippen LogP contribution in [0.3, 0.4) is 0 Å². The number of halogens is 3. The van der Waals surface area contributed by atoms with E-state index in [1.165, 1.54) is 30.3 Å². The number of amidine groups is 1. The van der Waals surface area contributed by atoms with E-state index in [0.29, 0.717) is 0 Å².